The second-order valence-corrected chi connectivity index (χ2v) is 7.11. The average molecular weight is 279 g/mol. The first-order valence-electron chi connectivity index (χ1n) is 6.81. The van der Waals surface area contributed by atoms with Gasteiger partial charge in [-0.1, -0.05) is 11.8 Å². The van der Waals surface area contributed by atoms with Crippen molar-refractivity contribution in [2.45, 2.75) is 56.9 Å². The van der Waals surface area contributed by atoms with E-state index in [0.29, 0.717) is 12.0 Å². The van der Waals surface area contributed by atoms with Gasteiger partial charge in [-0.2, -0.15) is 4.98 Å². The van der Waals surface area contributed by atoms with Gasteiger partial charge in [0.1, 0.15) is 0 Å². The second-order valence-electron chi connectivity index (χ2n) is 6.34. The molecule has 0 aromatic carbocycles. The van der Waals surface area contributed by atoms with Crippen LogP contribution in [0.5, 0.6) is 0 Å². The Morgan fingerprint density at radius 2 is 2.11 bits per heavy atom. The maximum absolute atomic E-state index is 4.77. The molecule has 1 fully saturated rings. The quantitative estimate of drug-likeness (QED) is 0.844. The van der Waals surface area contributed by atoms with Crippen LogP contribution in [0.15, 0.2) is 10.1 Å². The number of thioether (sulfide) groups is 1. The van der Waals surface area contributed by atoms with Crippen molar-refractivity contribution in [1.29, 1.82) is 0 Å². The first-order chi connectivity index (χ1) is 8.96. The van der Waals surface area contributed by atoms with Crippen LogP contribution in [-0.4, -0.2) is 38.3 Å². The summed E-state index contributed by atoms with van der Waals surface area (Å²) in [6.45, 7) is 7.55. The van der Waals surface area contributed by atoms with Gasteiger partial charge in [-0.15, -0.1) is 5.10 Å². The van der Waals surface area contributed by atoms with Gasteiger partial charge in [0, 0.05) is 23.2 Å². The molecule has 1 aliphatic heterocycles. The van der Waals surface area contributed by atoms with Crippen LogP contribution in [-0.2, 0) is 6.54 Å². The number of nitrogens with one attached hydrogen (secondary N) is 1. The Bertz CT molecular complexity index is 514. The van der Waals surface area contributed by atoms with Crippen molar-refractivity contribution in [2.24, 2.45) is 10.9 Å². The molecule has 2 atom stereocenters. The molecule has 6 heteroatoms. The Morgan fingerprint density at radius 3 is 2.79 bits per heavy atom. The van der Waals surface area contributed by atoms with Gasteiger partial charge >= 0.3 is 0 Å². The number of nitrogens with zero attached hydrogens (tertiary/aromatic N) is 4. The Morgan fingerprint density at radius 1 is 1.32 bits per heavy atom. The van der Waals surface area contributed by atoms with Crippen molar-refractivity contribution in [2.75, 3.05) is 6.26 Å². The summed E-state index contributed by atoms with van der Waals surface area (Å²) >= 11 is 1.57. The lowest BCUT2D eigenvalue weighted by molar-refractivity contribution is 0.399. The predicted molar refractivity (Wildman–Crippen MR) is 78.3 cm³/mol. The lowest BCUT2D eigenvalue weighted by atomic mass is 10.0. The molecule has 1 aromatic heterocycles. The van der Waals surface area contributed by atoms with Crippen LogP contribution in [0.2, 0.25) is 0 Å². The summed E-state index contributed by atoms with van der Waals surface area (Å²) in [6.07, 6.45) is 4.36. The minimum absolute atomic E-state index is 0.123. The van der Waals surface area contributed by atoms with Crippen LogP contribution in [0.3, 0.4) is 0 Å². The molecule has 1 saturated carbocycles. The van der Waals surface area contributed by atoms with Crippen molar-refractivity contribution in [1.82, 2.24) is 20.1 Å². The lowest BCUT2D eigenvalue weighted by Gasteiger charge is -2.28. The molecule has 0 radical (unpaired) electrons. The fourth-order valence-corrected chi connectivity index (χ4v) is 3.25. The third-order valence-corrected chi connectivity index (χ3v) is 4.16. The summed E-state index contributed by atoms with van der Waals surface area (Å²) < 4.78 is 1.96. The van der Waals surface area contributed by atoms with E-state index in [0.717, 1.165) is 17.6 Å². The summed E-state index contributed by atoms with van der Waals surface area (Å²) in [4.78, 5) is 9.23. The normalized spacial score (nSPS) is 26.0. The molecule has 0 saturated heterocycles. The van der Waals surface area contributed by atoms with Gasteiger partial charge in [-0.25, -0.2) is 9.67 Å². The third kappa shape index (κ3) is 2.56. The van der Waals surface area contributed by atoms with Crippen molar-refractivity contribution in [3.8, 4) is 0 Å². The third-order valence-electron chi connectivity index (χ3n) is 3.62. The minimum Gasteiger partial charge on any atom is -0.304 e. The lowest BCUT2D eigenvalue weighted by Crippen LogP contribution is -2.47. The van der Waals surface area contributed by atoms with Gasteiger partial charge in [-0.3, -0.25) is 0 Å². The first-order valence-corrected chi connectivity index (χ1v) is 8.04. The highest BCUT2D eigenvalue weighted by molar-refractivity contribution is 7.98. The topological polar surface area (TPSA) is 55.1 Å². The van der Waals surface area contributed by atoms with Crippen LogP contribution >= 0.6 is 11.8 Å². The van der Waals surface area contributed by atoms with Crippen molar-refractivity contribution in [3.63, 3.8) is 0 Å². The van der Waals surface area contributed by atoms with Gasteiger partial charge in [-0.05, 0) is 39.9 Å². The molecule has 1 aliphatic carbocycles. The number of fused-ring (bicyclic) bond motifs is 2. The number of aliphatic imine (C=N–C) groups is 1. The van der Waals surface area contributed by atoms with E-state index in [-0.39, 0.29) is 5.54 Å². The molecule has 2 aliphatic rings. The summed E-state index contributed by atoms with van der Waals surface area (Å²) in [5, 5.41) is 8.96. The van der Waals surface area contributed by atoms with Gasteiger partial charge in [0.2, 0.25) is 11.1 Å². The molecule has 0 amide bonds. The molecule has 0 bridgehead atoms. The summed E-state index contributed by atoms with van der Waals surface area (Å²) in [6, 6.07) is 0.396. The SMILES string of the molecule is CSc1nc2n(n1)CC1CCC(NC(C)(C)C)C1=N2. The van der Waals surface area contributed by atoms with E-state index < -0.39 is 0 Å². The maximum atomic E-state index is 4.77. The summed E-state index contributed by atoms with van der Waals surface area (Å²) in [5.74, 6) is 1.31. The number of rotatable bonds is 2. The fourth-order valence-electron chi connectivity index (χ4n) is 2.90. The standard InChI is InChI=1S/C13H21N5S/c1-13(2,3)16-9-6-5-8-7-18-11(14-10(8)9)15-12(17-18)19-4/h8-9,16H,5-7H2,1-4H3. The van der Waals surface area contributed by atoms with E-state index >= 15 is 0 Å². The molecule has 2 heterocycles. The zero-order chi connectivity index (χ0) is 13.6. The molecule has 0 spiro atoms. The highest BCUT2D eigenvalue weighted by Gasteiger charge is 2.37. The van der Waals surface area contributed by atoms with Crippen LogP contribution < -0.4 is 5.32 Å². The Hall–Kier alpha value is -0.880. The molecule has 3 rings (SSSR count). The molecular weight excluding hydrogens is 258 g/mol. The van der Waals surface area contributed by atoms with Gasteiger partial charge in [0.15, 0.2) is 0 Å². The van der Waals surface area contributed by atoms with E-state index in [1.807, 2.05) is 10.9 Å². The number of hydrogen-bond donors (Lipinski definition) is 1. The predicted octanol–water partition coefficient (Wildman–Crippen LogP) is 2.25. The molecule has 2 unspecified atom stereocenters. The van der Waals surface area contributed by atoms with Crippen molar-refractivity contribution in [3.05, 3.63) is 0 Å². The highest BCUT2D eigenvalue weighted by Crippen LogP contribution is 2.33. The fraction of sp³-hybridized carbons (Fsp3) is 0.769. The number of hydrogen-bond acceptors (Lipinski definition) is 5. The van der Waals surface area contributed by atoms with Crippen molar-refractivity contribution >= 4 is 23.4 Å². The summed E-state index contributed by atoms with van der Waals surface area (Å²) in [5.41, 5.74) is 1.40. The minimum atomic E-state index is 0.123. The van der Waals surface area contributed by atoms with E-state index in [9.17, 15) is 0 Å². The van der Waals surface area contributed by atoms with E-state index in [2.05, 4.69) is 36.2 Å². The van der Waals surface area contributed by atoms with Gasteiger partial charge < -0.3 is 5.32 Å². The van der Waals surface area contributed by atoms with E-state index in [4.69, 9.17) is 4.99 Å². The zero-order valence-electron chi connectivity index (χ0n) is 12.0. The van der Waals surface area contributed by atoms with Gasteiger partial charge in [0.25, 0.3) is 0 Å². The van der Waals surface area contributed by atoms with Gasteiger partial charge in [0.05, 0.1) is 6.54 Å². The highest BCUT2D eigenvalue weighted by atomic mass is 32.2. The Balaban J connectivity index is 1.88. The van der Waals surface area contributed by atoms with Crippen LogP contribution in [0, 0.1) is 5.92 Å². The molecule has 5 nitrogen and oxygen atoms in total. The Labute approximate surface area is 118 Å². The number of aromatic nitrogens is 3. The molecular formula is C13H21N5S. The van der Waals surface area contributed by atoms with Crippen LogP contribution in [0.4, 0.5) is 5.95 Å². The molecule has 1 aromatic rings. The van der Waals surface area contributed by atoms with Crippen molar-refractivity contribution < 1.29 is 0 Å². The molecule has 104 valence electrons. The summed E-state index contributed by atoms with van der Waals surface area (Å²) in [7, 11) is 0. The Kier molecular flexibility index (Phi) is 3.17. The average Bonchev–Trinajstić information content (AvgIpc) is 2.88. The van der Waals surface area contributed by atoms with Crippen LogP contribution in [0.25, 0.3) is 0 Å². The smallest absolute Gasteiger partial charge is 0.248 e. The van der Waals surface area contributed by atoms with E-state index in [1.54, 1.807) is 11.8 Å². The molecule has 1 N–H and O–H groups in total. The second kappa shape index (κ2) is 4.59. The monoisotopic (exact) mass is 279 g/mol. The first kappa shape index (κ1) is 13.1. The maximum Gasteiger partial charge on any atom is 0.248 e. The van der Waals surface area contributed by atoms with E-state index in [1.165, 1.54) is 18.6 Å². The largest absolute Gasteiger partial charge is 0.304 e. The van der Waals surface area contributed by atoms with Crippen LogP contribution in [0.1, 0.15) is 33.6 Å². The molecule has 19 heavy (non-hydrogen) atoms. The zero-order valence-corrected chi connectivity index (χ0v) is 12.8.